The van der Waals surface area contributed by atoms with Crippen LogP contribution in [0.5, 0.6) is 0 Å². The average molecular weight is 258 g/mol. The third-order valence-corrected chi connectivity index (χ3v) is 3.24. The number of hydrogen-bond donors (Lipinski definition) is 1. The van der Waals surface area contributed by atoms with Crippen molar-refractivity contribution in [3.8, 4) is 0 Å². The lowest BCUT2D eigenvalue weighted by Gasteiger charge is -2.21. The molecule has 2 nitrogen and oxygen atoms in total. The minimum Gasteiger partial charge on any atom is -0.345 e. The summed E-state index contributed by atoms with van der Waals surface area (Å²) in [5, 5.41) is 0. The molecule has 0 atom stereocenters. The van der Waals surface area contributed by atoms with E-state index in [1.54, 1.807) is 6.07 Å². The van der Waals surface area contributed by atoms with Crippen molar-refractivity contribution in [2.45, 2.75) is 20.4 Å². The molecular weight excluding hydrogens is 239 g/mol. The van der Waals surface area contributed by atoms with E-state index in [1.807, 2.05) is 18.0 Å². The van der Waals surface area contributed by atoms with E-state index in [4.69, 9.17) is 5.73 Å². The van der Waals surface area contributed by atoms with Crippen LogP contribution >= 0.6 is 0 Å². The van der Waals surface area contributed by atoms with Crippen LogP contribution in [0.15, 0.2) is 36.4 Å². The quantitative estimate of drug-likeness (QED) is 0.910. The molecule has 2 aromatic rings. The van der Waals surface area contributed by atoms with Crippen molar-refractivity contribution in [3.05, 3.63) is 58.9 Å². The molecule has 0 amide bonds. The van der Waals surface area contributed by atoms with Gasteiger partial charge in [-0.2, -0.15) is 0 Å². The second-order valence-corrected chi connectivity index (χ2v) is 4.88. The summed E-state index contributed by atoms with van der Waals surface area (Å²) in [6.07, 6.45) is 0. The van der Waals surface area contributed by atoms with Gasteiger partial charge in [-0.25, -0.2) is 4.39 Å². The summed E-state index contributed by atoms with van der Waals surface area (Å²) >= 11 is 0. The topological polar surface area (TPSA) is 29.3 Å². The molecule has 3 heteroatoms. The molecule has 2 N–H and O–H groups in total. The molecule has 0 saturated carbocycles. The lowest BCUT2D eigenvalue weighted by molar-refractivity contribution is 0.610. The van der Waals surface area contributed by atoms with Crippen LogP contribution in [0.25, 0.3) is 0 Å². The van der Waals surface area contributed by atoms with Crippen molar-refractivity contribution in [2.24, 2.45) is 5.73 Å². The SMILES string of the molecule is Cc1cc(C)cc(N(C)c2ccc(CN)c(F)c2)c1. The first kappa shape index (κ1) is 13.6. The number of halogens is 1. The lowest BCUT2D eigenvalue weighted by atomic mass is 10.1. The number of rotatable bonds is 3. The molecule has 0 unspecified atom stereocenters. The van der Waals surface area contributed by atoms with E-state index in [0.717, 1.165) is 11.4 Å². The van der Waals surface area contributed by atoms with Gasteiger partial charge in [0.25, 0.3) is 0 Å². The highest BCUT2D eigenvalue weighted by Crippen LogP contribution is 2.26. The van der Waals surface area contributed by atoms with Crippen LogP contribution in [0.4, 0.5) is 15.8 Å². The van der Waals surface area contributed by atoms with Gasteiger partial charge in [0.05, 0.1) is 0 Å². The first-order valence-corrected chi connectivity index (χ1v) is 6.32. The van der Waals surface area contributed by atoms with E-state index in [1.165, 1.54) is 17.2 Å². The molecule has 0 aliphatic heterocycles. The Balaban J connectivity index is 2.38. The summed E-state index contributed by atoms with van der Waals surface area (Å²) in [6.45, 7) is 4.34. The summed E-state index contributed by atoms with van der Waals surface area (Å²) in [7, 11) is 1.94. The number of nitrogens with two attached hydrogens (primary N) is 1. The zero-order valence-corrected chi connectivity index (χ0v) is 11.6. The summed E-state index contributed by atoms with van der Waals surface area (Å²) in [6, 6.07) is 11.4. The smallest absolute Gasteiger partial charge is 0.129 e. The number of anilines is 2. The summed E-state index contributed by atoms with van der Waals surface area (Å²) in [4.78, 5) is 1.98. The zero-order chi connectivity index (χ0) is 14.0. The normalized spacial score (nSPS) is 10.6. The summed E-state index contributed by atoms with van der Waals surface area (Å²) < 4.78 is 13.8. The molecule has 2 aromatic carbocycles. The van der Waals surface area contributed by atoms with E-state index >= 15 is 0 Å². The van der Waals surface area contributed by atoms with E-state index in [0.29, 0.717) is 5.56 Å². The van der Waals surface area contributed by atoms with E-state index in [-0.39, 0.29) is 12.4 Å². The van der Waals surface area contributed by atoms with Gasteiger partial charge in [-0.05, 0) is 49.2 Å². The number of aryl methyl sites for hydroxylation is 2. The monoisotopic (exact) mass is 258 g/mol. The predicted octanol–water partition coefficient (Wildman–Crippen LogP) is 3.67. The van der Waals surface area contributed by atoms with Gasteiger partial charge in [0.2, 0.25) is 0 Å². The highest BCUT2D eigenvalue weighted by atomic mass is 19.1. The summed E-state index contributed by atoms with van der Waals surface area (Å²) in [5.41, 5.74) is 10.3. The maximum atomic E-state index is 13.8. The van der Waals surface area contributed by atoms with Gasteiger partial charge >= 0.3 is 0 Å². The highest BCUT2D eigenvalue weighted by Gasteiger charge is 2.08. The third kappa shape index (κ3) is 2.93. The van der Waals surface area contributed by atoms with Crippen LogP contribution in [0, 0.1) is 19.7 Å². The number of hydrogen-bond acceptors (Lipinski definition) is 2. The second-order valence-electron chi connectivity index (χ2n) is 4.88. The first-order valence-electron chi connectivity index (χ1n) is 6.32. The Bertz CT molecular complexity index is 573. The van der Waals surface area contributed by atoms with E-state index < -0.39 is 0 Å². The molecule has 0 spiro atoms. The largest absolute Gasteiger partial charge is 0.345 e. The van der Waals surface area contributed by atoms with Crippen LogP contribution in [-0.4, -0.2) is 7.05 Å². The Kier molecular flexibility index (Phi) is 3.86. The van der Waals surface area contributed by atoms with Gasteiger partial charge in [-0.15, -0.1) is 0 Å². The van der Waals surface area contributed by atoms with Crippen molar-refractivity contribution in [3.63, 3.8) is 0 Å². The molecule has 0 aliphatic carbocycles. The van der Waals surface area contributed by atoms with Crippen LogP contribution in [0.2, 0.25) is 0 Å². The molecule has 0 saturated heterocycles. The standard InChI is InChI=1S/C16H19FN2/c1-11-6-12(2)8-15(7-11)19(3)14-5-4-13(10-18)16(17)9-14/h4-9H,10,18H2,1-3H3. The van der Waals surface area contributed by atoms with Gasteiger partial charge < -0.3 is 10.6 Å². The van der Waals surface area contributed by atoms with Crippen molar-refractivity contribution in [1.29, 1.82) is 0 Å². The predicted molar refractivity (Wildman–Crippen MR) is 78.3 cm³/mol. The summed E-state index contributed by atoms with van der Waals surface area (Å²) in [5.74, 6) is -0.253. The van der Waals surface area contributed by atoms with Crippen molar-refractivity contribution >= 4 is 11.4 Å². The molecule has 0 heterocycles. The Morgan fingerprint density at radius 3 is 2.16 bits per heavy atom. The Morgan fingerprint density at radius 2 is 1.63 bits per heavy atom. The van der Waals surface area contributed by atoms with Gasteiger partial charge in [-0.3, -0.25) is 0 Å². The number of benzene rings is 2. The van der Waals surface area contributed by atoms with Gasteiger partial charge in [-0.1, -0.05) is 12.1 Å². The lowest BCUT2D eigenvalue weighted by Crippen LogP contribution is -2.11. The Morgan fingerprint density at radius 1 is 1.00 bits per heavy atom. The average Bonchev–Trinajstić information content (AvgIpc) is 2.36. The fourth-order valence-electron chi connectivity index (χ4n) is 2.20. The Labute approximate surface area is 113 Å². The van der Waals surface area contributed by atoms with Gasteiger partial charge in [0.1, 0.15) is 5.82 Å². The molecule has 0 bridgehead atoms. The molecule has 100 valence electrons. The minimum atomic E-state index is -0.253. The fraction of sp³-hybridized carbons (Fsp3) is 0.250. The molecule has 0 aliphatic rings. The third-order valence-electron chi connectivity index (χ3n) is 3.24. The number of nitrogens with zero attached hydrogens (tertiary/aromatic N) is 1. The van der Waals surface area contributed by atoms with E-state index in [2.05, 4.69) is 32.0 Å². The molecule has 0 radical (unpaired) electrons. The second kappa shape index (κ2) is 5.41. The van der Waals surface area contributed by atoms with Gasteiger partial charge in [0, 0.05) is 30.5 Å². The van der Waals surface area contributed by atoms with E-state index in [9.17, 15) is 4.39 Å². The zero-order valence-electron chi connectivity index (χ0n) is 11.6. The van der Waals surface area contributed by atoms with Crippen molar-refractivity contribution < 1.29 is 4.39 Å². The van der Waals surface area contributed by atoms with Crippen LogP contribution in [0.3, 0.4) is 0 Å². The van der Waals surface area contributed by atoms with Crippen LogP contribution in [0.1, 0.15) is 16.7 Å². The highest BCUT2D eigenvalue weighted by molar-refractivity contribution is 5.64. The fourth-order valence-corrected chi connectivity index (χ4v) is 2.20. The molecular formula is C16H19FN2. The minimum absolute atomic E-state index is 0.222. The molecule has 0 aromatic heterocycles. The van der Waals surface area contributed by atoms with Crippen LogP contribution < -0.4 is 10.6 Å². The van der Waals surface area contributed by atoms with Crippen LogP contribution in [-0.2, 0) is 6.54 Å². The molecule has 2 rings (SSSR count). The Hall–Kier alpha value is -1.87. The van der Waals surface area contributed by atoms with Crippen molar-refractivity contribution in [2.75, 3.05) is 11.9 Å². The van der Waals surface area contributed by atoms with Gasteiger partial charge in [0.15, 0.2) is 0 Å². The van der Waals surface area contributed by atoms with Crippen molar-refractivity contribution in [1.82, 2.24) is 0 Å². The first-order chi connectivity index (χ1) is 9.01. The molecule has 19 heavy (non-hydrogen) atoms. The maximum absolute atomic E-state index is 13.8. The molecule has 0 fully saturated rings. The maximum Gasteiger partial charge on any atom is 0.129 e.